The minimum absolute atomic E-state index is 0.0591. The zero-order chi connectivity index (χ0) is 12.3. The molecule has 0 aliphatic rings. The van der Waals surface area contributed by atoms with Crippen LogP contribution in [-0.4, -0.2) is 21.1 Å². The summed E-state index contributed by atoms with van der Waals surface area (Å²) in [7, 11) is 0.171. The lowest BCUT2D eigenvalue weighted by Crippen LogP contribution is -2.19. The summed E-state index contributed by atoms with van der Waals surface area (Å²) in [5.74, 6) is 0.879. The van der Waals surface area contributed by atoms with Crippen LogP contribution < -0.4 is 0 Å². The second kappa shape index (κ2) is 5.39. The van der Waals surface area contributed by atoms with Gasteiger partial charge in [-0.3, -0.25) is 4.79 Å². The van der Waals surface area contributed by atoms with Crippen LogP contribution >= 0.6 is 0 Å². The first-order valence-electron chi connectivity index (χ1n) is 5.69. The second-order valence-electron chi connectivity index (χ2n) is 4.65. The normalized spacial score (nSPS) is 10.9. The molecule has 88 valence electrons. The van der Waals surface area contributed by atoms with E-state index in [1.165, 1.54) is 17.8 Å². The van der Waals surface area contributed by atoms with Crippen molar-refractivity contribution < 1.29 is 9.53 Å². The first kappa shape index (κ1) is 13.1. The van der Waals surface area contributed by atoms with Gasteiger partial charge >= 0.3 is 0 Å². The zero-order valence-corrected chi connectivity index (χ0v) is 11.7. The predicted octanol–water partition coefficient (Wildman–Crippen LogP) is 3.57. The van der Waals surface area contributed by atoms with Gasteiger partial charge < -0.3 is 4.74 Å². The molecule has 1 heterocycles. The maximum atomic E-state index is 11.8. The van der Waals surface area contributed by atoms with Crippen molar-refractivity contribution in [3.05, 3.63) is 28.5 Å². The van der Waals surface area contributed by atoms with E-state index < -0.39 is 8.40 Å². The van der Waals surface area contributed by atoms with Crippen molar-refractivity contribution in [2.24, 2.45) is 0 Å². The molecule has 0 bridgehead atoms. The van der Waals surface area contributed by atoms with E-state index in [4.69, 9.17) is 4.74 Å². The molecule has 0 saturated carbocycles. The summed E-state index contributed by atoms with van der Waals surface area (Å²) in [4.78, 5) is 11.8. The molecule has 16 heavy (non-hydrogen) atoms. The van der Waals surface area contributed by atoms with E-state index >= 15 is 0 Å². The average molecular weight is 236 g/mol. The fourth-order valence-corrected chi connectivity index (χ4v) is 4.11. The summed E-state index contributed by atoms with van der Waals surface area (Å²) in [6.45, 7) is 8.55. The number of carbonyl (C=O) groups is 1. The Kier molecular flexibility index (Phi) is 4.41. The highest BCUT2D eigenvalue weighted by Crippen LogP contribution is 2.19. The van der Waals surface area contributed by atoms with Crippen LogP contribution in [0, 0.1) is 0 Å². The van der Waals surface area contributed by atoms with Crippen molar-refractivity contribution in [2.45, 2.75) is 39.5 Å². The number of hydrogen-bond donors (Lipinski definition) is 0. The van der Waals surface area contributed by atoms with Crippen LogP contribution in [0.2, 0.25) is 0 Å². The highest BCUT2D eigenvalue weighted by atomic mass is 28.2. The molecule has 0 unspecified atom stereocenters. The minimum Gasteiger partial charge on any atom is -0.470 e. The lowest BCUT2D eigenvalue weighted by atomic mass is 10.1. The summed E-state index contributed by atoms with van der Waals surface area (Å²) in [6.07, 6.45) is 0. The second-order valence-corrected chi connectivity index (χ2v) is 6.75. The Bertz CT molecular complexity index is 384. The van der Waals surface area contributed by atoms with E-state index in [1.807, 2.05) is 0 Å². The molecular formula is C13H20O2Si. The summed E-state index contributed by atoms with van der Waals surface area (Å²) in [6, 6.07) is 4.25. The number of methoxy groups -OCH3 is 1. The Morgan fingerprint density at radius 3 is 2.25 bits per heavy atom. The first-order valence-corrected chi connectivity index (χ1v) is 7.27. The van der Waals surface area contributed by atoms with Gasteiger partial charge in [-0.25, -0.2) is 0 Å². The van der Waals surface area contributed by atoms with E-state index in [-0.39, 0.29) is 5.59 Å². The van der Waals surface area contributed by atoms with Crippen LogP contribution in [0.1, 0.15) is 50.3 Å². The molecule has 1 rings (SSSR count). The van der Waals surface area contributed by atoms with Gasteiger partial charge in [0.05, 0.1) is 7.11 Å². The number of ether oxygens (including phenoxy) is 1. The maximum Gasteiger partial charge on any atom is 0.297 e. The van der Waals surface area contributed by atoms with E-state index in [0.717, 1.165) is 0 Å². The molecule has 0 aliphatic carbocycles. The van der Waals surface area contributed by atoms with Crippen molar-refractivity contribution in [3.63, 3.8) is 0 Å². The number of rotatable bonds is 3. The van der Waals surface area contributed by atoms with Crippen molar-refractivity contribution in [1.29, 1.82) is 0 Å². The van der Waals surface area contributed by atoms with E-state index in [0.29, 0.717) is 11.8 Å². The van der Waals surface area contributed by atoms with Crippen LogP contribution in [-0.2, 0) is 4.74 Å². The van der Waals surface area contributed by atoms with Gasteiger partial charge in [0.2, 0.25) is 0 Å². The monoisotopic (exact) mass is 236 g/mol. The molecule has 1 aromatic heterocycles. The third-order valence-electron chi connectivity index (χ3n) is 2.77. The van der Waals surface area contributed by atoms with Crippen molar-refractivity contribution >= 4 is 14.0 Å². The van der Waals surface area contributed by atoms with Crippen LogP contribution in [0.25, 0.3) is 0 Å². The summed E-state index contributed by atoms with van der Waals surface area (Å²) < 4.78 is 4.91. The van der Waals surface area contributed by atoms with E-state index in [1.54, 1.807) is 0 Å². The fraction of sp³-hybridized carbons (Fsp3) is 0.538. The third kappa shape index (κ3) is 2.79. The molecule has 0 atom stereocenters. The predicted molar refractivity (Wildman–Crippen MR) is 68.4 cm³/mol. The Morgan fingerprint density at radius 2 is 1.81 bits per heavy atom. The number of carbonyl (C=O) groups excluding carboxylic acids is 1. The van der Waals surface area contributed by atoms with Gasteiger partial charge in [-0.1, -0.05) is 50.7 Å². The van der Waals surface area contributed by atoms with E-state index in [9.17, 15) is 4.79 Å². The third-order valence-corrected chi connectivity index (χ3v) is 5.40. The standard InChI is InChI=1S/C13H20O2Si/c1-9(2)11-6-7-12(10(3)4)16(8-11)13(14)15-5/h6-10H,1-5H3. The van der Waals surface area contributed by atoms with E-state index in [2.05, 4.69) is 45.5 Å². The van der Waals surface area contributed by atoms with Crippen molar-refractivity contribution in [3.8, 4) is 0 Å². The summed E-state index contributed by atoms with van der Waals surface area (Å²) in [5.41, 5.74) is 3.33. The fourth-order valence-electron chi connectivity index (χ4n) is 1.72. The molecule has 0 N–H and O–H groups in total. The topological polar surface area (TPSA) is 26.3 Å². The molecular weight excluding hydrogens is 216 g/mol. The maximum absolute atomic E-state index is 11.8. The largest absolute Gasteiger partial charge is 0.470 e. The van der Waals surface area contributed by atoms with Gasteiger partial charge in [0, 0.05) is 0 Å². The summed E-state index contributed by atoms with van der Waals surface area (Å²) >= 11 is 0. The Hall–Kier alpha value is -0.963. The lowest BCUT2D eigenvalue weighted by molar-refractivity contribution is 0.197. The van der Waals surface area contributed by atoms with Crippen molar-refractivity contribution in [2.75, 3.05) is 7.11 Å². The molecule has 0 aliphatic heterocycles. The van der Waals surface area contributed by atoms with Crippen LogP contribution in [0.15, 0.2) is 17.8 Å². The highest BCUT2D eigenvalue weighted by Gasteiger charge is 2.16. The molecule has 3 heteroatoms. The Balaban J connectivity index is 3.26. The molecule has 0 amide bonds. The van der Waals surface area contributed by atoms with Gasteiger partial charge in [0.1, 0.15) is 0 Å². The molecule has 0 fully saturated rings. The molecule has 0 radical (unpaired) electrons. The van der Waals surface area contributed by atoms with Crippen LogP contribution in [0.3, 0.4) is 0 Å². The molecule has 2 nitrogen and oxygen atoms in total. The highest BCUT2D eigenvalue weighted by molar-refractivity contribution is 6.83. The van der Waals surface area contributed by atoms with Gasteiger partial charge in [-0.2, -0.15) is 0 Å². The van der Waals surface area contributed by atoms with Crippen LogP contribution in [0.5, 0.6) is 0 Å². The van der Waals surface area contributed by atoms with Crippen molar-refractivity contribution in [1.82, 2.24) is 0 Å². The quantitative estimate of drug-likeness (QED) is 0.750. The lowest BCUT2D eigenvalue weighted by Gasteiger charge is -2.13. The summed E-state index contributed by atoms with van der Waals surface area (Å²) in [5, 5.41) is 1.24. The SMILES string of the molecule is COC(=O)[si]1cc(C(C)C)ccc1C(C)C. The van der Waals surface area contributed by atoms with Gasteiger partial charge in [0.25, 0.3) is 5.59 Å². The Labute approximate surface area is 99.2 Å². The number of hydrogen-bond acceptors (Lipinski definition) is 2. The molecule has 1 aromatic rings. The molecule has 0 aromatic carbocycles. The van der Waals surface area contributed by atoms with Crippen LogP contribution in [0.4, 0.5) is 4.79 Å². The van der Waals surface area contributed by atoms with Gasteiger partial charge in [0.15, 0.2) is 8.40 Å². The minimum atomic E-state index is -1.30. The first-order chi connectivity index (χ1) is 7.47. The molecule has 0 saturated heterocycles. The smallest absolute Gasteiger partial charge is 0.297 e. The van der Waals surface area contributed by atoms with Gasteiger partial charge in [-0.05, 0) is 17.4 Å². The zero-order valence-electron chi connectivity index (χ0n) is 10.7. The average Bonchev–Trinajstić information content (AvgIpc) is 2.26. The Morgan fingerprint density at radius 1 is 1.19 bits per heavy atom. The molecule has 0 spiro atoms. The van der Waals surface area contributed by atoms with Gasteiger partial charge in [-0.15, -0.1) is 0 Å².